The van der Waals surface area contributed by atoms with Crippen molar-refractivity contribution < 1.29 is 9.90 Å². The Balaban J connectivity index is 2.05. The van der Waals surface area contributed by atoms with Crippen molar-refractivity contribution in [1.29, 1.82) is 0 Å². The monoisotopic (exact) mass is 317 g/mol. The van der Waals surface area contributed by atoms with E-state index < -0.39 is 5.97 Å². The van der Waals surface area contributed by atoms with Gasteiger partial charge in [-0.15, -0.1) is 0 Å². The van der Waals surface area contributed by atoms with Crippen LogP contribution in [-0.4, -0.2) is 26.0 Å². The van der Waals surface area contributed by atoms with E-state index in [-0.39, 0.29) is 10.7 Å². The SMILES string of the molecule is O=C(O)c1cc(Cl)nc(Sc2ncnc3ccccc23)c1. The van der Waals surface area contributed by atoms with Gasteiger partial charge in [0.05, 0.1) is 11.1 Å². The molecule has 0 fully saturated rings. The molecule has 1 aromatic carbocycles. The third kappa shape index (κ3) is 2.96. The van der Waals surface area contributed by atoms with Crippen molar-refractivity contribution in [2.45, 2.75) is 10.1 Å². The van der Waals surface area contributed by atoms with E-state index in [9.17, 15) is 4.79 Å². The van der Waals surface area contributed by atoms with E-state index >= 15 is 0 Å². The van der Waals surface area contributed by atoms with E-state index in [1.54, 1.807) is 0 Å². The molecule has 0 atom stereocenters. The summed E-state index contributed by atoms with van der Waals surface area (Å²) in [7, 11) is 0. The summed E-state index contributed by atoms with van der Waals surface area (Å²) >= 11 is 7.11. The van der Waals surface area contributed by atoms with Crippen molar-refractivity contribution in [3.05, 3.63) is 53.4 Å². The highest BCUT2D eigenvalue weighted by atomic mass is 35.5. The number of carbonyl (C=O) groups is 1. The van der Waals surface area contributed by atoms with Crippen molar-refractivity contribution in [3.8, 4) is 0 Å². The third-order valence-electron chi connectivity index (χ3n) is 2.73. The molecule has 0 aliphatic heterocycles. The summed E-state index contributed by atoms with van der Waals surface area (Å²) < 4.78 is 0. The van der Waals surface area contributed by atoms with Crippen LogP contribution in [0.2, 0.25) is 5.15 Å². The van der Waals surface area contributed by atoms with Crippen molar-refractivity contribution >= 4 is 40.2 Å². The molecule has 0 amide bonds. The molecule has 0 radical (unpaired) electrons. The maximum absolute atomic E-state index is 11.0. The van der Waals surface area contributed by atoms with Gasteiger partial charge >= 0.3 is 5.97 Å². The van der Waals surface area contributed by atoms with Crippen LogP contribution in [0.15, 0.2) is 52.8 Å². The number of hydrogen-bond acceptors (Lipinski definition) is 5. The first-order chi connectivity index (χ1) is 10.1. The van der Waals surface area contributed by atoms with Crippen molar-refractivity contribution in [3.63, 3.8) is 0 Å². The molecule has 1 N–H and O–H groups in total. The van der Waals surface area contributed by atoms with Gasteiger partial charge < -0.3 is 5.11 Å². The molecule has 0 aliphatic rings. The molecule has 2 heterocycles. The zero-order chi connectivity index (χ0) is 14.8. The Bertz CT molecular complexity index is 836. The minimum absolute atomic E-state index is 0.0934. The highest BCUT2D eigenvalue weighted by Crippen LogP contribution is 2.31. The number of para-hydroxylation sites is 1. The number of carboxylic acid groups (broad SMARTS) is 1. The summed E-state index contributed by atoms with van der Waals surface area (Å²) in [5, 5.41) is 11.2. The van der Waals surface area contributed by atoms with E-state index in [1.807, 2.05) is 24.3 Å². The molecule has 5 nitrogen and oxygen atoms in total. The van der Waals surface area contributed by atoms with Gasteiger partial charge in [0.25, 0.3) is 0 Å². The van der Waals surface area contributed by atoms with E-state index in [1.165, 1.54) is 30.2 Å². The fraction of sp³-hybridized carbons (Fsp3) is 0. The molecule has 21 heavy (non-hydrogen) atoms. The average Bonchev–Trinajstić information content (AvgIpc) is 2.47. The Morgan fingerprint density at radius 3 is 2.81 bits per heavy atom. The third-order valence-corrected chi connectivity index (χ3v) is 3.86. The quantitative estimate of drug-likeness (QED) is 0.588. The molecule has 0 unspecified atom stereocenters. The second-order valence-corrected chi connectivity index (χ2v) is 5.52. The Labute approximate surface area is 129 Å². The van der Waals surface area contributed by atoms with Crippen LogP contribution in [0.3, 0.4) is 0 Å². The smallest absolute Gasteiger partial charge is 0.335 e. The van der Waals surface area contributed by atoms with Gasteiger partial charge in [-0.1, -0.05) is 29.8 Å². The van der Waals surface area contributed by atoms with Gasteiger partial charge in [0.15, 0.2) is 0 Å². The van der Waals surface area contributed by atoms with E-state index in [2.05, 4.69) is 15.0 Å². The molecule has 0 aliphatic carbocycles. The Kier molecular flexibility index (Phi) is 3.72. The molecule has 7 heteroatoms. The van der Waals surface area contributed by atoms with Crippen LogP contribution in [-0.2, 0) is 0 Å². The van der Waals surface area contributed by atoms with E-state index in [0.29, 0.717) is 10.1 Å². The lowest BCUT2D eigenvalue weighted by Gasteiger charge is -2.05. The Hall–Kier alpha value is -2.18. The van der Waals surface area contributed by atoms with Crippen LogP contribution in [0.5, 0.6) is 0 Å². The fourth-order valence-corrected chi connectivity index (χ4v) is 2.98. The van der Waals surface area contributed by atoms with Gasteiger partial charge in [-0.05, 0) is 30.0 Å². The van der Waals surface area contributed by atoms with Crippen LogP contribution >= 0.6 is 23.4 Å². The average molecular weight is 318 g/mol. The van der Waals surface area contributed by atoms with Gasteiger partial charge in [-0.25, -0.2) is 19.7 Å². The number of hydrogen-bond donors (Lipinski definition) is 1. The number of aromatic carboxylic acids is 1. The zero-order valence-corrected chi connectivity index (χ0v) is 12.1. The predicted octanol–water partition coefficient (Wildman–Crippen LogP) is 3.53. The fourth-order valence-electron chi connectivity index (χ4n) is 1.81. The van der Waals surface area contributed by atoms with Crippen molar-refractivity contribution in [1.82, 2.24) is 15.0 Å². The first-order valence-electron chi connectivity index (χ1n) is 5.92. The summed E-state index contributed by atoms with van der Waals surface area (Å²) in [6.07, 6.45) is 1.47. The molecule has 2 aromatic heterocycles. The minimum Gasteiger partial charge on any atom is -0.478 e. The second-order valence-electron chi connectivity index (χ2n) is 4.12. The number of rotatable bonds is 3. The molecular weight excluding hydrogens is 310 g/mol. The summed E-state index contributed by atoms with van der Waals surface area (Å²) in [6, 6.07) is 10.4. The van der Waals surface area contributed by atoms with Gasteiger partial charge in [-0.2, -0.15) is 0 Å². The molecule has 3 rings (SSSR count). The molecule has 0 bridgehead atoms. The van der Waals surface area contributed by atoms with Crippen molar-refractivity contribution in [2.75, 3.05) is 0 Å². The molecule has 0 spiro atoms. The zero-order valence-electron chi connectivity index (χ0n) is 10.5. The largest absolute Gasteiger partial charge is 0.478 e. The van der Waals surface area contributed by atoms with Gasteiger partial charge in [0.2, 0.25) is 0 Å². The van der Waals surface area contributed by atoms with Crippen LogP contribution < -0.4 is 0 Å². The van der Waals surface area contributed by atoms with Gasteiger partial charge in [-0.3, -0.25) is 0 Å². The summed E-state index contributed by atoms with van der Waals surface area (Å²) in [6.45, 7) is 0. The Morgan fingerprint density at radius 1 is 1.19 bits per heavy atom. The second kappa shape index (κ2) is 5.67. The lowest BCUT2D eigenvalue weighted by molar-refractivity contribution is 0.0696. The minimum atomic E-state index is -1.05. The molecule has 0 saturated heterocycles. The van der Waals surface area contributed by atoms with Gasteiger partial charge in [0, 0.05) is 5.39 Å². The van der Waals surface area contributed by atoms with Crippen LogP contribution in [0, 0.1) is 0 Å². The first kappa shape index (κ1) is 13.8. The Morgan fingerprint density at radius 2 is 2.00 bits per heavy atom. The number of pyridine rings is 1. The van der Waals surface area contributed by atoms with Crippen LogP contribution in [0.4, 0.5) is 0 Å². The maximum atomic E-state index is 11.0. The summed E-state index contributed by atoms with van der Waals surface area (Å²) in [5.74, 6) is -1.05. The lowest BCUT2D eigenvalue weighted by Crippen LogP contribution is -1.98. The standard InChI is InChI=1S/C14H8ClN3O2S/c15-11-5-8(14(19)20)6-12(18-11)21-13-9-3-1-2-4-10(9)16-7-17-13/h1-7H,(H,19,20). The number of nitrogens with zero attached hydrogens (tertiary/aromatic N) is 3. The summed E-state index contributed by atoms with van der Waals surface area (Å²) in [4.78, 5) is 23.6. The molecule has 3 aromatic rings. The number of aromatic nitrogens is 3. The highest BCUT2D eigenvalue weighted by molar-refractivity contribution is 7.99. The number of fused-ring (bicyclic) bond motifs is 1. The highest BCUT2D eigenvalue weighted by Gasteiger charge is 2.11. The van der Waals surface area contributed by atoms with Crippen LogP contribution in [0.1, 0.15) is 10.4 Å². The topological polar surface area (TPSA) is 76.0 Å². The first-order valence-corrected chi connectivity index (χ1v) is 7.11. The molecule has 0 saturated carbocycles. The van der Waals surface area contributed by atoms with Crippen LogP contribution in [0.25, 0.3) is 10.9 Å². The van der Waals surface area contributed by atoms with E-state index in [0.717, 1.165) is 10.9 Å². The number of halogens is 1. The predicted molar refractivity (Wildman–Crippen MR) is 79.9 cm³/mol. The number of carboxylic acids is 1. The number of benzene rings is 1. The van der Waals surface area contributed by atoms with Gasteiger partial charge in [0.1, 0.15) is 21.5 Å². The van der Waals surface area contributed by atoms with Crippen molar-refractivity contribution in [2.24, 2.45) is 0 Å². The normalized spacial score (nSPS) is 10.7. The molecular formula is C14H8ClN3O2S. The molecule has 104 valence electrons. The lowest BCUT2D eigenvalue weighted by atomic mass is 10.2. The summed E-state index contributed by atoms with van der Waals surface area (Å²) in [5.41, 5.74) is 0.909. The van der Waals surface area contributed by atoms with E-state index in [4.69, 9.17) is 16.7 Å². The maximum Gasteiger partial charge on any atom is 0.335 e.